The number of halogens is 1. The van der Waals surface area contributed by atoms with Crippen LogP contribution in [0.2, 0.25) is 0 Å². The number of hydrogen-bond donors (Lipinski definition) is 2. The highest BCUT2D eigenvalue weighted by atomic mass is 79.9. The van der Waals surface area contributed by atoms with Crippen molar-refractivity contribution in [3.05, 3.63) is 52.5 Å². The fourth-order valence-corrected chi connectivity index (χ4v) is 2.43. The summed E-state index contributed by atoms with van der Waals surface area (Å²) >= 11 is 3.30. The molecule has 1 amide bonds. The number of carbonyl (C=O) groups is 1. The molecule has 26 heavy (non-hydrogen) atoms. The minimum atomic E-state index is -0.0792. The Morgan fingerprint density at radius 2 is 1.54 bits per heavy atom. The van der Waals surface area contributed by atoms with Gasteiger partial charge in [-0.1, -0.05) is 0 Å². The van der Waals surface area contributed by atoms with E-state index in [1.807, 2.05) is 6.07 Å². The van der Waals surface area contributed by atoms with Gasteiger partial charge >= 0.3 is 0 Å². The summed E-state index contributed by atoms with van der Waals surface area (Å²) < 4.78 is 11.0. The van der Waals surface area contributed by atoms with Gasteiger partial charge in [-0.05, 0) is 58.4 Å². The van der Waals surface area contributed by atoms with Crippen LogP contribution in [0.5, 0.6) is 11.5 Å². The number of anilines is 2. The highest BCUT2D eigenvalue weighted by Gasteiger charge is 2.02. The lowest BCUT2D eigenvalue weighted by Gasteiger charge is -2.07. The lowest BCUT2D eigenvalue weighted by Crippen LogP contribution is -2.18. The van der Waals surface area contributed by atoms with E-state index in [1.54, 1.807) is 64.7 Å². The number of hydrogen-bond acceptors (Lipinski definition) is 5. The van der Waals surface area contributed by atoms with Crippen molar-refractivity contribution < 1.29 is 14.3 Å². The molecule has 0 aliphatic carbocycles. The molecule has 0 radical (unpaired) electrons. The quantitative estimate of drug-likeness (QED) is 0.582. The monoisotopic (exact) mass is 421 g/mol. The third-order valence-corrected chi connectivity index (χ3v) is 3.90. The van der Waals surface area contributed by atoms with Crippen molar-refractivity contribution in [2.75, 3.05) is 39.8 Å². The Morgan fingerprint density at radius 3 is 2.04 bits per heavy atom. The SMILES string of the molecule is COc1ccc(N)cc1/C=C/C(=O)N(C)C.COc1ccc(N)cc1Br. The Balaban J connectivity index is 0.000000289. The van der Waals surface area contributed by atoms with Crippen LogP contribution in [0.3, 0.4) is 0 Å². The van der Waals surface area contributed by atoms with E-state index < -0.39 is 0 Å². The minimum absolute atomic E-state index is 0.0792. The highest BCUT2D eigenvalue weighted by Crippen LogP contribution is 2.26. The summed E-state index contributed by atoms with van der Waals surface area (Å²) in [4.78, 5) is 12.9. The Hall–Kier alpha value is -2.67. The normalized spacial score (nSPS) is 10.0. The maximum atomic E-state index is 11.4. The van der Waals surface area contributed by atoms with Gasteiger partial charge < -0.3 is 25.8 Å². The number of methoxy groups -OCH3 is 2. The van der Waals surface area contributed by atoms with E-state index in [-0.39, 0.29) is 5.91 Å². The van der Waals surface area contributed by atoms with Crippen LogP contribution in [0.25, 0.3) is 6.08 Å². The second-order valence-electron chi connectivity index (χ2n) is 5.46. The molecule has 0 unspecified atom stereocenters. The van der Waals surface area contributed by atoms with Crippen molar-refractivity contribution in [1.29, 1.82) is 0 Å². The van der Waals surface area contributed by atoms with Crippen LogP contribution >= 0.6 is 15.9 Å². The molecule has 2 aromatic rings. The smallest absolute Gasteiger partial charge is 0.246 e. The van der Waals surface area contributed by atoms with E-state index >= 15 is 0 Å². The number of nitrogens with zero attached hydrogens (tertiary/aromatic N) is 1. The number of likely N-dealkylation sites (N-methyl/N-ethyl adjacent to an activating group) is 1. The summed E-state index contributed by atoms with van der Waals surface area (Å²) in [5.74, 6) is 1.41. The first-order chi connectivity index (χ1) is 12.3. The van der Waals surface area contributed by atoms with Crippen LogP contribution in [0.1, 0.15) is 5.56 Å². The molecule has 0 aliphatic heterocycles. The van der Waals surface area contributed by atoms with Crippen LogP contribution in [-0.4, -0.2) is 39.1 Å². The number of nitrogens with two attached hydrogens (primary N) is 2. The summed E-state index contributed by atoms with van der Waals surface area (Å²) in [7, 11) is 6.60. The van der Waals surface area contributed by atoms with Gasteiger partial charge in [-0.25, -0.2) is 0 Å². The van der Waals surface area contributed by atoms with Crippen LogP contribution < -0.4 is 20.9 Å². The summed E-state index contributed by atoms with van der Waals surface area (Å²) in [6, 6.07) is 10.7. The van der Waals surface area contributed by atoms with Crippen LogP contribution in [0.15, 0.2) is 46.9 Å². The molecule has 0 aliphatic rings. The number of carbonyl (C=O) groups excluding carboxylic acids is 1. The Morgan fingerprint density at radius 1 is 1.00 bits per heavy atom. The number of ether oxygens (including phenoxy) is 2. The molecule has 0 fully saturated rings. The van der Waals surface area contributed by atoms with Gasteiger partial charge in [-0.3, -0.25) is 4.79 Å². The molecular formula is C19H24BrN3O3. The lowest BCUT2D eigenvalue weighted by molar-refractivity contribution is -0.123. The van der Waals surface area contributed by atoms with Gasteiger partial charge in [-0.15, -0.1) is 0 Å². The van der Waals surface area contributed by atoms with Gasteiger partial charge in [0.15, 0.2) is 0 Å². The van der Waals surface area contributed by atoms with Crippen LogP contribution in [0.4, 0.5) is 11.4 Å². The van der Waals surface area contributed by atoms with E-state index in [2.05, 4.69) is 15.9 Å². The van der Waals surface area contributed by atoms with Gasteiger partial charge in [-0.2, -0.15) is 0 Å². The molecular weight excluding hydrogens is 398 g/mol. The van der Waals surface area contributed by atoms with Gasteiger partial charge in [0.2, 0.25) is 5.91 Å². The first-order valence-corrected chi connectivity index (χ1v) is 8.49. The van der Waals surface area contributed by atoms with E-state index in [4.69, 9.17) is 20.9 Å². The zero-order chi connectivity index (χ0) is 19.7. The van der Waals surface area contributed by atoms with Crippen molar-refractivity contribution in [2.45, 2.75) is 0 Å². The molecule has 0 aromatic heterocycles. The van der Waals surface area contributed by atoms with E-state index in [9.17, 15) is 4.79 Å². The van der Waals surface area contributed by atoms with E-state index in [1.165, 1.54) is 11.0 Å². The zero-order valence-corrected chi connectivity index (χ0v) is 16.9. The number of rotatable bonds is 4. The molecule has 2 aromatic carbocycles. The second kappa shape index (κ2) is 10.4. The Labute approximate surface area is 162 Å². The summed E-state index contributed by atoms with van der Waals surface area (Å²) in [6.45, 7) is 0. The third-order valence-electron chi connectivity index (χ3n) is 3.28. The van der Waals surface area contributed by atoms with Crippen molar-refractivity contribution in [2.24, 2.45) is 0 Å². The predicted octanol–water partition coefficient (Wildman–Crippen LogP) is 3.42. The maximum absolute atomic E-state index is 11.4. The number of benzene rings is 2. The molecule has 4 N–H and O–H groups in total. The minimum Gasteiger partial charge on any atom is -0.496 e. The van der Waals surface area contributed by atoms with E-state index in [0.717, 1.165) is 21.5 Å². The Kier molecular flexibility index (Phi) is 8.51. The first-order valence-electron chi connectivity index (χ1n) is 7.70. The molecule has 0 saturated heterocycles. The van der Waals surface area contributed by atoms with Crippen molar-refractivity contribution in [3.63, 3.8) is 0 Å². The molecule has 2 rings (SSSR count). The predicted molar refractivity (Wildman–Crippen MR) is 110 cm³/mol. The number of nitrogen functional groups attached to an aromatic ring is 2. The third kappa shape index (κ3) is 6.68. The molecule has 140 valence electrons. The van der Waals surface area contributed by atoms with Crippen molar-refractivity contribution in [3.8, 4) is 11.5 Å². The molecule has 0 bridgehead atoms. The summed E-state index contributed by atoms with van der Waals surface area (Å²) in [5.41, 5.74) is 13.3. The lowest BCUT2D eigenvalue weighted by atomic mass is 10.1. The summed E-state index contributed by atoms with van der Waals surface area (Å²) in [5, 5.41) is 0. The largest absolute Gasteiger partial charge is 0.496 e. The highest BCUT2D eigenvalue weighted by molar-refractivity contribution is 9.10. The van der Waals surface area contributed by atoms with Crippen molar-refractivity contribution in [1.82, 2.24) is 4.90 Å². The Bertz CT molecular complexity index is 777. The van der Waals surface area contributed by atoms with Gasteiger partial charge in [0, 0.05) is 37.1 Å². The zero-order valence-electron chi connectivity index (χ0n) is 15.3. The van der Waals surface area contributed by atoms with Gasteiger partial charge in [0.25, 0.3) is 0 Å². The average Bonchev–Trinajstić information content (AvgIpc) is 2.60. The van der Waals surface area contributed by atoms with Crippen LogP contribution in [0, 0.1) is 0 Å². The van der Waals surface area contributed by atoms with Crippen LogP contribution in [-0.2, 0) is 4.79 Å². The first kappa shape index (κ1) is 21.4. The summed E-state index contributed by atoms with van der Waals surface area (Å²) in [6.07, 6.45) is 3.18. The molecule has 0 heterocycles. The molecule has 6 nitrogen and oxygen atoms in total. The van der Waals surface area contributed by atoms with E-state index in [0.29, 0.717) is 11.4 Å². The maximum Gasteiger partial charge on any atom is 0.246 e. The fourth-order valence-electron chi connectivity index (χ4n) is 1.88. The number of amides is 1. The van der Waals surface area contributed by atoms with Crippen molar-refractivity contribution >= 4 is 39.3 Å². The standard InChI is InChI=1S/C12H16N2O2.C7H8BrNO/c1-14(2)12(15)7-4-9-8-10(13)5-6-11(9)16-3;1-10-7-3-2-5(9)4-6(7)8/h4-8H,13H2,1-3H3;2-4H,9H2,1H3/b7-4+;. The fraction of sp³-hybridized carbons (Fsp3) is 0.211. The average molecular weight is 422 g/mol. The molecule has 0 spiro atoms. The van der Waals surface area contributed by atoms with Gasteiger partial charge in [0.1, 0.15) is 11.5 Å². The molecule has 0 saturated carbocycles. The van der Waals surface area contributed by atoms with Gasteiger partial charge in [0.05, 0.1) is 18.7 Å². The topological polar surface area (TPSA) is 90.8 Å². The molecule has 0 atom stereocenters. The molecule has 7 heteroatoms. The second-order valence-corrected chi connectivity index (χ2v) is 6.32.